The molecule has 2 N–H and O–H groups in total. The summed E-state index contributed by atoms with van der Waals surface area (Å²) in [6.07, 6.45) is 1.87. The van der Waals surface area contributed by atoms with Gasteiger partial charge in [-0.25, -0.2) is 9.97 Å². The van der Waals surface area contributed by atoms with Crippen LogP contribution in [0.5, 0.6) is 0 Å². The van der Waals surface area contributed by atoms with Crippen molar-refractivity contribution in [3.8, 4) is 0 Å². The van der Waals surface area contributed by atoms with Gasteiger partial charge in [0.1, 0.15) is 11.6 Å². The van der Waals surface area contributed by atoms with E-state index in [2.05, 4.69) is 35.9 Å². The van der Waals surface area contributed by atoms with Gasteiger partial charge in [-0.2, -0.15) is 0 Å². The molecule has 0 saturated heterocycles. The lowest BCUT2D eigenvalue weighted by Crippen LogP contribution is -2.29. The van der Waals surface area contributed by atoms with Crippen LogP contribution < -0.4 is 0 Å². The molecule has 2 heterocycles. The zero-order valence-corrected chi connectivity index (χ0v) is 13.4. The summed E-state index contributed by atoms with van der Waals surface area (Å²) in [6, 6.07) is 16.3. The molecule has 0 atom stereocenters. The molecule has 0 aliphatic carbocycles. The van der Waals surface area contributed by atoms with E-state index in [1.807, 2.05) is 36.4 Å². The van der Waals surface area contributed by atoms with Crippen LogP contribution in [0.4, 0.5) is 0 Å². The van der Waals surface area contributed by atoms with Crippen molar-refractivity contribution in [2.75, 3.05) is 0 Å². The van der Waals surface area contributed by atoms with E-state index < -0.39 is 0 Å². The van der Waals surface area contributed by atoms with E-state index >= 15 is 0 Å². The van der Waals surface area contributed by atoms with Crippen LogP contribution >= 0.6 is 0 Å². The highest BCUT2D eigenvalue weighted by Crippen LogP contribution is 2.37. The number of aromatic nitrogens is 4. The summed E-state index contributed by atoms with van der Waals surface area (Å²) in [7, 11) is 0. The number of hydrogen-bond donors (Lipinski definition) is 2. The predicted octanol–water partition coefficient (Wildman–Crippen LogP) is 4.55. The molecule has 2 aromatic carbocycles. The first-order chi connectivity index (χ1) is 11.3. The number of nitrogens with one attached hydrogen (secondary N) is 2. The van der Waals surface area contributed by atoms with Gasteiger partial charge in [0.2, 0.25) is 0 Å². The average Bonchev–Trinajstić information content (AvgIpc) is 3.21. The molecular weight excluding hydrogens is 284 g/mol. The molecule has 4 aromatic rings. The molecule has 0 aliphatic heterocycles. The van der Waals surface area contributed by atoms with Crippen LogP contribution in [0.2, 0.25) is 0 Å². The monoisotopic (exact) mass is 304 g/mol. The second-order valence-electron chi connectivity index (χ2n) is 5.99. The number of aromatic amines is 2. The van der Waals surface area contributed by atoms with Gasteiger partial charge in [0, 0.05) is 0 Å². The molecule has 0 saturated carbocycles. The third-order valence-corrected chi connectivity index (χ3v) is 4.89. The van der Waals surface area contributed by atoms with Crippen LogP contribution in [0, 0.1) is 0 Å². The average molecular weight is 304 g/mol. The van der Waals surface area contributed by atoms with Crippen LogP contribution in [-0.2, 0) is 5.41 Å². The van der Waals surface area contributed by atoms with E-state index in [4.69, 9.17) is 9.97 Å². The molecule has 4 heteroatoms. The lowest BCUT2D eigenvalue weighted by Gasteiger charge is -2.27. The van der Waals surface area contributed by atoms with E-state index in [9.17, 15) is 0 Å². The van der Waals surface area contributed by atoms with Crippen LogP contribution in [0.15, 0.2) is 48.5 Å². The van der Waals surface area contributed by atoms with Crippen LogP contribution in [0.25, 0.3) is 22.1 Å². The Bertz CT molecular complexity index is 818. The third kappa shape index (κ3) is 2.05. The Hall–Kier alpha value is -2.62. The molecule has 0 spiro atoms. The Kier molecular flexibility index (Phi) is 3.18. The number of benzene rings is 2. The Morgan fingerprint density at radius 2 is 1.17 bits per heavy atom. The topological polar surface area (TPSA) is 57.4 Å². The third-order valence-electron chi connectivity index (χ3n) is 4.89. The minimum atomic E-state index is -0.224. The summed E-state index contributed by atoms with van der Waals surface area (Å²) in [5.41, 5.74) is 3.93. The molecule has 0 aliphatic rings. The van der Waals surface area contributed by atoms with Crippen LogP contribution in [-0.4, -0.2) is 19.9 Å². The number of H-pyrrole nitrogens is 2. The Morgan fingerprint density at radius 1 is 0.739 bits per heavy atom. The molecule has 4 rings (SSSR count). The van der Waals surface area contributed by atoms with Gasteiger partial charge in [0.05, 0.1) is 27.5 Å². The van der Waals surface area contributed by atoms with Crippen molar-refractivity contribution in [1.82, 2.24) is 19.9 Å². The van der Waals surface area contributed by atoms with Crippen molar-refractivity contribution in [2.24, 2.45) is 0 Å². The van der Waals surface area contributed by atoms with Crippen LogP contribution in [0.3, 0.4) is 0 Å². The fourth-order valence-electron chi connectivity index (χ4n) is 3.39. The van der Waals surface area contributed by atoms with Crippen molar-refractivity contribution in [2.45, 2.75) is 32.1 Å². The van der Waals surface area contributed by atoms with Gasteiger partial charge in [-0.05, 0) is 37.1 Å². The first-order valence-electron chi connectivity index (χ1n) is 8.17. The molecule has 2 aromatic heterocycles. The Morgan fingerprint density at radius 3 is 1.57 bits per heavy atom. The van der Waals surface area contributed by atoms with Crippen molar-refractivity contribution >= 4 is 22.1 Å². The van der Waals surface area contributed by atoms with Gasteiger partial charge in [-0.3, -0.25) is 0 Å². The largest absolute Gasteiger partial charge is 0.341 e. The minimum Gasteiger partial charge on any atom is -0.341 e. The zero-order chi connectivity index (χ0) is 15.9. The fraction of sp³-hybridized carbons (Fsp3) is 0.263. The molecule has 0 bridgehead atoms. The molecule has 0 unspecified atom stereocenters. The Balaban J connectivity index is 1.93. The number of hydrogen-bond acceptors (Lipinski definition) is 2. The zero-order valence-electron chi connectivity index (χ0n) is 13.4. The molecular formula is C19H20N4. The smallest absolute Gasteiger partial charge is 0.121 e. The Labute approximate surface area is 135 Å². The van der Waals surface area contributed by atoms with E-state index in [1.54, 1.807) is 0 Å². The lowest BCUT2D eigenvalue weighted by atomic mass is 9.80. The molecule has 4 nitrogen and oxygen atoms in total. The normalized spacial score (nSPS) is 12.3. The number of rotatable bonds is 4. The van der Waals surface area contributed by atoms with Gasteiger partial charge >= 0.3 is 0 Å². The van der Waals surface area contributed by atoms with Gasteiger partial charge in [0.25, 0.3) is 0 Å². The highest BCUT2D eigenvalue weighted by molar-refractivity contribution is 5.76. The maximum Gasteiger partial charge on any atom is 0.121 e. The molecule has 116 valence electrons. The maximum atomic E-state index is 4.86. The van der Waals surface area contributed by atoms with Gasteiger partial charge in [-0.15, -0.1) is 0 Å². The summed E-state index contributed by atoms with van der Waals surface area (Å²) in [5.74, 6) is 1.98. The lowest BCUT2D eigenvalue weighted by molar-refractivity contribution is 0.432. The first-order valence-corrected chi connectivity index (χ1v) is 8.17. The summed E-state index contributed by atoms with van der Waals surface area (Å²) in [4.78, 5) is 16.7. The summed E-state index contributed by atoms with van der Waals surface area (Å²) in [6.45, 7) is 4.40. The highest BCUT2D eigenvalue weighted by atomic mass is 15.0. The summed E-state index contributed by atoms with van der Waals surface area (Å²) < 4.78 is 0. The van der Waals surface area contributed by atoms with Crippen molar-refractivity contribution in [3.05, 3.63) is 60.2 Å². The van der Waals surface area contributed by atoms with E-state index in [1.165, 1.54) is 0 Å². The van der Waals surface area contributed by atoms with Crippen molar-refractivity contribution in [3.63, 3.8) is 0 Å². The molecule has 0 fully saturated rings. The molecule has 23 heavy (non-hydrogen) atoms. The second-order valence-corrected chi connectivity index (χ2v) is 5.99. The summed E-state index contributed by atoms with van der Waals surface area (Å²) in [5, 5.41) is 0. The number of nitrogens with zero attached hydrogens (tertiary/aromatic N) is 2. The first kappa shape index (κ1) is 14.0. The molecule has 0 radical (unpaired) electrons. The predicted molar refractivity (Wildman–Crippen MR) is 93.5 cm³/mol. The number of fused-ring (bicyclic) bond motifs is 2. The quantitative estimate of drug-likeness (QED) is 0.581. The maximum absolute atomic E-state index is 4.86. The standard InChI is InChI=1S/C19H20N4/c1-3-19(4-2,17-20-13-9-5-6-10-14(13)21-17)18-22-15-11-7-8-12-16(15)23-18/h5-12H,3-4H2,1-2H3,(H,20,21)(H,22,23). The van der Waals surface area contributed by atoms with E-state index in [0.717, 1.165) is 46.6 Å². The van der Waals surface area contributed by atoms with Gasteiger partial charge < -0.3 is 9.97 Å². The van der Waals surface area contributed by atoms with Crippen LogP contribution in [0.1, 0.15) is 38.3 Å². The SMILES string of the molecule is CCC(CC)(c1nc2ccccc2[nH]1)c1nc2ccccc2[nH]1. The fourth-order valence-corrected chi connectivity index (χ4v) is 3.39. The minimum absolute atomic E-state index is 0.224. The van der Waals surface area contributed by atoms with Crippen molar-refractivity contribution in [1.29, 1.82) is 0 Å². The number of imidazole rings is 2. The van der Waals surface area contributed by atoms with E-state index in [-0.39, 0.29) is 5.41 Å². The second kappa shape index (κ2) is 5.23. The van der Waals surface area contributed by atoms with Gasteiger partial charge in [0.15, 0.2) is 0 Å². The number of para-hydroxylation sites is 4. The van der Waals surface area contributed by atoms with Crippen molar-refractivity contribution < 1.29 is 0 Å². The highest BCUT2D eigenvalue weighted by Gasteiger charge is 2.37. The van der Waals surface area contributed by atoms with Gasteiger partial charge in [-0.1, -0.05) is 38.1 Å². The molecule has 0 amide bonds. The summed E-state index contributed by atoms with van der Waals surface area (Å²) >= 11 is 0. The van der Waals surface area contributed by atoms with E-state index in [0.29, 0.717) is 0 Å².